The molecule has 170 valence electrons. The first-order valence-corrected chi connectivity index (χ1v) is 13.8. The van der Waals surface area contributed by atoms with Crippen molar-refractivity contribution >= 4 is 43.2 Å². The highest BCUT2D eigenvalue weighted by Gasteiger charge is 2.41. The second kappa shape index (κ2) is 9.77. The van der Waals surface area contributed by atoms with E-state index in [4.69, 9.17) is 23.2 Å². The Morgan fingerprint density at radius 3 is 1.58 bits per heavy atom. The van der Waals surface area contributed by atoms with E-state index in [9.17, 15) is 16.8 Å². The minimum Gasteiger partial charge on any atom is -0.207 e. The summed E-state index contributed by atoms with van der Waals surface area (Å²) in [5.74, 6) is 0.0124. The van der Waals surface area contributed by atoms with Gasteiger partial charge >= 0.3 is 0 Å². The van der Waals surface area contributed by atoms with Gasteiger partial charge in [-0.2, -0.15) is 8.61 Å². The number of rotatable bonds is 6. The van der Waals surface area contributed by atoms with Crippen LogP contribution in [0, 0.1) is 13.8 Å². The second-order valence-electron chi connectivity index (χ2n) is 7.72. The van der Waals surface area contributed by atoms with Gasteiger partial charge in [0.25, 0.3) is 0 Å². The Hall–Kier alpha value is -1.16. The molecule has 0 bridgehead atoms. The van der Waals surface area contributed by atoms with Crippen LogP contribution in [0.1, 0.15) is 17.5 Å². The summed E-state index contributed by atoms with van der Waals surface area (Å²) >= 11 is 12.3. The predicted molar refractivity (Wildman–Crippen MR) is 124 cm³/mol. The van der Waals surface area contributed by atoms with Crippen molar-refractivity contribution in [2.45, 2.75) is 42.1 Å². The average Bonchev–Trinajstić information content (AvgIpc) is 2.94. The third-order valence-electron chi connectivity index (χ3n) is 5.50. The van der Waals surface area contributed by atoms with E-state index in [1.807, 2.05) is 13.8 Å². The maximum Gasteiger partial charge on any atom is 0.243 e. The van der Waals surface area contributed by atoms with Gasteiger partial charge in [-0.05, 0) is 44.5 Å². The monoisotopic (exact) mass is 504 g/mol. The lowest BCUT2D eigenvalue weighted by molar-refractivity contribution is 0.311. The molecule has 1 aliphatic heterocycles. The summed E-state index contributed by atoms with van der Waals surface area (Å²) in [4.78, 5) is 0.307. The first-order valence-electron chi connectivity index (χ1n) is 9.90. The molecule has 3 rings (SSSR count). The summed E-state index contributed by atoms with van der Waals surface area (Å²) in [7, 11) is -7.73. The number of aryl methyl sites for hydroxylation is 2. The molecular weight excluding hydrogens is 479 g/mol. The highest BCUT2D eigenvalue weighted by molar-refractivity contribution is 7.89. The van der Waals surface area contributed by atoms with Crippen molar-refractivity contribution in [1.29, 1.82) is 0 Å². The van der Waals surface area contributed by atoms with Crippen molar-refractivity contribution in [1.82, 2.24) is 8.61 Å². The van der Waals surface area contributed by atoms with E-state index < -0.39 is 32.1 Å². The van der Waals surface area contributed by atoms with Gasteiger partial charge in [0.15, 0.2) is 0 Å². The Bertz CT molecular complexity index is 1110. The van der Waals surface area contributed by atoms with Crippen LogP contribution < -0.4 is 0 Å². The van der Waals surface area contributed by atoms with Crippen LogP contribution in [0.5, 0.6) is 0 Å². The molecule has 2 atom stereocenters. The summed E-state index contributed by atoms with van der Waals surface area (Å²) in [6.07, 6.45) is 0.271. The smallest absolute Gasteiger partial charge is 0.207 e. The molecule has 2 aromatic carbocycles. The molecule has 1 saturated heterocycles. The lowest BCUT2D eigenvalue weighted by Gasteiger charge is -2.31. The van der Waals surface area contributed by atoms with E-state index in [2.05, 4.69) is 0 Å². The van der Waals surface area contributed by atoms with Crippen LogP contribution in [0.3, 0.4) is 0 Å². The third-order valence-corrected chi connectivity index (χ3v) is 10.1. The number of halogens is 2. The normalized spacial score (nSPS) is 21.7. The molecule has 0 saturated carbocycles. The van der Waals surface area contributed by atoms with Gasteiger partial charge in [0.1, 0.15) is 0 Å². The van der Waals surface area contributed by atoms with Gasteiger partial charge in [-0.3, -0.25) is 0 Å². The second-order valence-corrected chi connectivity index (χ2v) is 12.1. The Kier molecular flexibility index (Phi) is 7.71. The van der Waals surface area contributed by atoms with E-state index in [1.165, 1.54) is 8.61 Å². The van der Waals surface area contributed by atoms with Crippen LogP contribution in [0.25, 0.3) is 0 Å². The molecule has 10 heteroatoms. The fourth-order valence-corrected chi connectivity index (χ4v) is 7.70. The van der Waals surface area contributed by atoms with Crippen molar-refractivity contribution < 1.29 is 16.8 Å². The van der Waals surface area contributed by atoms with Gasteiger partial charge in [-0.15, -0.1) is 23.2 Å². The molecule has 0 aromatic heterocycles. The zero-order chi connectivity index (χ0) is 22.8. The molecule has 31 heavy (non-hydrogen) atoms. The summed E-state index contributed by atoms with van der Waals surface area (Å²) in [5.41, 5.74) is 1.89. The minimum atomic E-state index is -3.88. The van der Waals surface area contributed by atoms with Gasteiger partial charge in [-0.1, -0.05) is 35.4 Å². The van der Waals surface area contributed by atoms with Crippen molar-refractivity contribution in [3.8, 4) is 0 Å². The fourth-order valence-electron chi connectivity index (χ4n) is 3.63. The molecule has 2 unspecified atom stereocenters. The van der Waals surface area contributed by atoms with Crippen molar-refractivity contribution in [2.75, 3.05) is 24.8 Å². The van der Waals surface area contributed by atoms with Crippen LogP contribution in [0.15, 0.2) is 58.3 Å². The van der Waals surface area contributed by atoms with Gasteiger partial charge in [0.05, 0.1) is 15.8 Å². The van der Waals surface area contributed by atoms with E-state index in [-0.39, 0.29) is 41.1 Å². The molecule has 0 aliphatic carbocycles. The summed E-state index contributed by atoms with van der Waals surface area (Å²) in [6.45, 7) is 3.82. The lowest BCUT2D eigenvalue weighted by atomic mass is 10.2. The van der Waals surface area contributed by atoms with Crippen LogP contribution in [0.4, 0.5) is 0 Å². The van der Waals surface area contributed by atoms with Gasteiger partial charge in [-0.25, -0.2) is 16.8 Å². The standard InChI is InChI=1S/C21H26Cl2N2O4S2/c1-16-3-7-20(8-4-16)30(26,27)24-12-11-18(13-22)25(15-19(24)14-23)31(28,29)21-9-5-17(2)6-10-21/h3-10,18-19H,11-15H2,1-2H3. The molecule has 1 aliphatic rings. The van der Waals surface area contributed by atoms with E-state index in [0.717, 1.165) is 11.1 Å². The number of nitrogens with zero attached hydrogens (tertiary/aromatic N) is 2. The van der Waals surface area contributed by atoms with E-state index >= 15 is 0 Å². The van der Waals surface area contributed by atoms with E-state index in [1.54, 1.807) is 48.5 Å². The first-order chi connectivity index (χ1) is 14.6. The zero-order valence-electron chi connectivity index (χ0n) is 17.4. The predicted octanol–water partition coefficient (Wildman–Crippen LogP) is 3.60. The number of benzene rings is 2. The molecule has 6 nitrogen and oxygen atoms in total. The molecule has 0 spiro atoms. The summed E-state index contributed by atoms with van der Waals surface area (Å²) in [6, 6.07) is 11.9. The zero-order valence-corrected chi connectivity index (χ0v) is 20.6. The van der Waals surface area contributed by atoms with Crippen molar-refractivity contribution in [3.05, 3.63) is 59.7 Å². The molecule has 0 N–H and O–H groups in total. The SMILES string of the molecule is Cc1ccc(S(=O)(=O)N2CCC(CCl)N(S(=O)(=O)c3ccc(C)cc3)CC2CCl)cc1. The highest BCUT2D eigenvalue weighted by Crippen LogP contribution is 2.29. The molecule has 0 radical (unpaired) electrons. The first kappa shape index (κ1) is 24.5. The van der Waals surface area contributed by atoms with Crippen LogP contribution in [-0.2, 0) is 20.0 Å². The number of hydrogen-bond acceptors (Lipinski definition) is 4. The summed E-state index contributed by atoms with van der Waals surface area (Å²) in [5, 5.41) is 0. The Labute approximate surface area is 194 Å². The number of alkyl halides is 2. The molecular formula is C21H26Cl2N2O4S2. The van der Waals surface area contributed by atoms with Gasteiger partial charge in [0, 0.05) is 30.9 Å². The van der Waals surface area contributed by atoms with Gasteiger partial charge in [0.2, 0.25) is 20.0 Å². The maximum absolute atomic E-state index is 13.4. The topological polar surface area (TPSA) is 74.8 Å². The Morgan fingerprint density at radius 2 is 1.16 bits per heavy atom. The van der Waals surface area contributed by atoms with Crippen LogP contribution in [0.2, 0.25) is 0 Å². The quantitative estimate of drug-likeness (QED) is 0.563. The van der Waals surface area contributed by atoms with Crippen LogP contribution in [-0.4, -0.2) is 62.4 Å². The van der Waals surface area contributed by atoms with Crippen molar-refractivity contribution in [2.24, 2.45) is 0 Å². The Balaban J connectivity index is 1.99. The molecule has 1 fully saturated rings. The van der Waals surface area contributed by atoms with Crippen LogP contribution >= 0.6 is 23.2 Å². The molecule has 2 aromatic rings. The average molecular weight is 505 g/mol. The largest absolute Gasteiger partial charge is 0.243 e. The maximum atomic E-state index is 13.4. The number of hydrogen-bond donors (Lipinski definition) is 0. The summed E-state index contributed by atoms with van der Waals surface area (Å²) < 4.78 is 56.1. The minimum absolute atomic E-state index is 0.0417. The van der Waals surface area contributed by atoms with Crippen molar-refractivity contribution in [3.63, 3.8) is 0 Å². The molecule has 0 amide bonds. The Morgan fingerprint density at radius 1 is 0.742 bits per heavy atom. The molecule has 1 heterocycles. The third kappa shape index (κ3) is 5.10. The van der Waals surface area contributed by atoms with Gasteiger partial charge < -0.3 is 0 Å². The highest BCUT2D eigenvalue weighted by atomic mass is 35.5. The number of sulfonamides is 2. The fraction of sp³-hybridized carbons (Fsp3) is 0.429. The lowest BCUT2D eigenvalue weighted by Crippen LogP contribution is -2.48. The van der Waals surface area contributed by atoms with E-state index in [0.29, 0.717) is 0 Å².